The minimum atomic E-state index is -0.505. The van der Waals surface area contributed by atoms with Crippen LogP contribution in [0.25, 0.3) is 0 Å². The number of benzene rings is 1. The van der Waals surface area contributed by atoms with Gasteiger partial charge in [-0.05, 0) is 17.9 Å². The zero-order valence-corrected chi connectivity index (χ0v) is 14.2. The zero-order valence-electron chi connectivity index (χ0n) is 14.2. The normalized spacial score (nSPS) is 18.6. The van der Waals surface area contributed by atoms with Crippen LogP contribution in [0.4, 0.5) is 0 Å². The summed E-state index contributed by atoms with van der Waals surface area (Å²) < 4.78 is 5.41. The van der Waals surface area contributed by atoms with Gasteiger partial charge in [-0.3, -0.25) is 9.69 Å². The summed E-state index contributed by atoms with van der Waals surface area (Å²) in [5.41, 5.74) is 7.13. The maximum atomic E-state index is 12.3. The van der Waals surface area contributed by atoms with Gasteiger partial charge in [-0.2, -0.15) is 0 Å². The fourth-order valence-corrected chi connectivity index (χ4v) is 2.99. The van der Waals surface area contributed by atoms with Gasteiger partial charge in [0, 0.05) is 25.7 Å². The number of hydrogen-bond acceptors (Lipinski definition) is 4. The lowest BCUT2D eigenvalue weighted by molar-refractivity contribution is -0.122. The van der Waals surface area contributed by atoms with E-state index in [0.717, 1.165) is 31.9 Å². The molecule has 2 unspecified atom stereocenters. The standard InChI is InChI=1S/C18H29N3O2/c1-14(2)17(21-8-10-23-11-9-21)13-20-18(22)16(19)12-15-6-4-3-5-7-15/h3-7,14,16-17H,8-13,19H2,1-2H3,(H,20,22). The number of amides is 1. The Morgan fingerprint density at radius 1 is 1.26 bits per heavy atom. The van der Waals surface area contributed by atoms with Crippen molar-refractivity contribution < 1.29 is 9.53 Å². The summed E-state index contributed by atoms with van der Waals surface area (Å²) in [5, 5.41) is 3.03. The van der Waals surface area contributed by atoms with E-state index in [9.17, 15) is 4.79 Å². The fraction of sp³-hybridized carbons (Fsp3) is 0.611. The molecule has 1 amide bonds. The Morgan fingerprint density at radius 3 is 2.52 bits per heavy atom. The molecule has 0 spiro atoms. The molecule has 0 aliphatic carbocycles. The van der Waals surface area contributed by atoms with Crippen molar-refractivity contribution in [1.82, 2.24) is 10.2 Å². The van der Waals surface area contributed by atoms with Crippen molar-refractivity contribution in [2.75, 3.05) is 32.8 Å². The molecule has 1 aliphatic heterocycles. The molecule has 128 valence electrons. The van der Waals surface area contributed by atoms with E-state index in [4.69, 9.17) is 10.5 Å². The summed E-state index contributed by atoms with van der Waals surface area (Å²) in [4.78, 5) is 14.7. The first-order valence-electron chi connectivity index (χ1n) is 8.47. The van der Waals surface area contributed by atoms with Gasteiger partial charge in [0.25, 0.3) is 0 Å². The van der Waals surface area contributed by atoms with Crippen molar-refractivity contribution in [1.29, 1.82) is 0 Å². The van der Waals surface area contributed by atoms with E-state index in [-0.39, 0.29) is 5.91 Å². The molecule has 1 aromatic carbocycles. The number of morpholine rings is 1. The van der Waals surface area contributed by atoms with Gasteiger partial charge in [0.1, 0.15) is 0 Å². The van der Waals surface area contributed by atoms with Crippen LogP contribution < -0.4 is 11.1 Å². The molecule has 2 atom stereocenters. The highest BCUT2D eigenvalue weighted by Crippen LogP contribution is 2.12. The van der Waals surface area contributed by atoms with Crippen molar-refractivity contribution in [2.24, 2.45) is 11.7 Å². The lowest BCUT2D eigenvalue weighted by Gasteiger charge is -2.37. The lowest BCUT2D eigenvalue weighted by Crippen LogP contribution is -2.53. The van der Waals surface area contributed by atoms with E-state index < -0.39 is 6.04 Å². The van der Waals surface area contributed by atoms with Gasteiger partial charge in [0.15, 0.2) is 0 Å². The molecule has 1 fully saturated rings. The average Bonchev–Trinajstić information content (AvgIpc) is 2.56. The first-order chi connectivity index (χ1) is 11.1. The monoisotopic (exact) mass is 319 g/mol. The Bertz CT molecular complexity index is 472. The Hall–Kier alpha value is -1.43. The van der Waals surface area contributed by atoms with Crippen LogP contribution in [0.3, 0.4) is 0 Å². The molecule has 5 nitrogen and oxygen atoms in total. The Labute approximate surface area is 139 Å². The molecule has 0 bridgehead atoms. The van der Waals surface area contributed by atoms with Crippen LogP contribution in [-0.2, 0) is 16.0 Å². The van der Waals surface area contributed by atoms with Gasteiger partial charge < -0.3 is 15.8 Å². The molecule has 5 heteroatoms. The van der Waals surface area contributed by atoms with Crippen LogP contribution in [-0.4, -0.2) is 55.7 Å². The molecule has 3 N–H and O–H groups in total. The number of carbonyl (C=O) groups excluding carboxylic acids is 1. The molecular weight excluding hydrogens is 290 g/mol. The minimum absolute atomic E-state index is 0.0761. The van der Waals surface area contributed by atoms with Crippen molar-refractivity contribution in [2.45, 2.75) is 32.4 Å². The predicted molar refractivity (Wildman–Crippen MR) is 92.1 cm³/mol. The van der Waals surface area contributed by atoms with Gasteiger partial charge in [-0.15, -0.1) is 0 Å². The third kappa shape index (κ3) is 5.61. The van der Waals surface area contributed by atoms with E-state index in [1.807, 2.05) is 30.3 Å². The van der Waals surface area contributed by atoms with Crippen molar-refractivity contribution in [3.8, 4) is 0 Å². The molecule has 0 saturated carbocycles. The second-order valence-electron chi connectivity index (χ2n) is 6.50. The van der Waals surface area contributed by atoms with Gasteiger partial charge in [-0.25, -0.2) is 0 Å². The third-order valence-electron chi connectivity index (χ3n) is 4.40. The summed E-state index contributed by atoms with van der Waals surface area (Å²) in [6.45, 7) is 8.41. The summed E-state index contributed by atoms with van der Waals surface area (Å²) in [7, 11) is 0. The van der Waals surface area contributed by atoms with E-state index >= 15 is 0 Å². The highest BCUT2D eigenvalue weighted by atomic mass is 16.5. The fourth-order valence-electron chi connectivity index (χ4n) is 2.99. The number of nitrogens with two attached hydrogens (primary N) is 1. The van der Waals surface area contributed by atoms with Crippen LogP contribution in [0.15, 0.2) is 30.3 Å². The quantitative estimate of drug-likeness (QED) is 0.788. The van der Waals surface area contributed by atoms with E-state index in [1.165, 1.54) is 0 Å². The highest BCUT2D eigenvalue weighted by molar-refractivity contribution is 5.81. The minimum Gasteiger partial charge on any atom is -0.379 e. The number of nitrogens with one attached hydrogen (secondary N) is 1. The molecule has 1 aromatic rings. The topological polar surface area (TPSA) is 67.6 Å². The molecule has 0 radical (unpaired) electrons. The maximum absolute atomic E-state index is 12.3. The first kappa shape index (κ1) is 17.9. The average molecular weight is 319 g/mol. The van der Waals surface area contributed by atoms with Gasteiger partial charge in [0.05, 0.1) is 19.3 Å². The van der Waals surface area contributed by atoms with Crippen LogP contribution in [0.2, 0.25) is 0 Å². The van der Waals surface area contributed by atoms with Crippen LogP contribution in [0, 0.1) is 5.92 Å². The Morgan fingerprint density at radius 2 is 1.91 bits per heavy atom. The summed E-state index contributed by atoms with van der Waals surface area (Å²) in [6, 6.07) is 9.71. The number of rotatable bonds is 7. The number of hydrogen-bond donors (Lipinski definition) is 2. The summed E-state index contributed by atoms with van der Waals surface area (Å²) in [5.74, 6) is 0.395. The molecular formula is C18H29N3O2. The van der Waals surface area contributed by atoms with E-state index in [0.29, 0.717) is 24.9 Å². The molecule has 1 aliphatic rings. The highest BCUT2D eigenvalue weighted by Gasteiger charge is 2.25. The van der Waals surface area contributed by atoms with Crippen LogP contribution in [0.5, 0.6) is 0 Å². The molecule has 23 heavy (non-hydrogen) atoms. The van der Waals surface area contributed by atoms with E-state index in [1.54, 1.807) is 0 Å². The second kappa shape index (κ2) is 9.01. The largest absolute Gasteiger partial charge is 0.379 e. The molecule has 1 heterocycles. The van der Waals surface area contributed by atoms with Crippen LogP contribution >= 0.6 is 0 Å². The summed E-state index contributed by atoms with van der Waals surface area (Å²) >= 11 is 0. The zero-order chi connectivity index (χ0) is 16.7. The molecule has 0 aromatic heterocycles. The third-order valence-corrected chi connectivity index (χ3v) is 4.40. The smallest absolute Gasteiger partial charge is 0.237 e. The molecule has 1 saturated heterocycles. The van der Waals surface area contributed by atoms with E-state index in [2.05, 4.69) is 24.1 Å². The summed E-state index contributed by atoms with van der Waals surface area (Å²) in [6.07, 6.45) is 0.566. The number of carbonyl (C=O) groups is 1. The Kier molecular flexibility index (Phi) is 7.02. The lowest BCUT2D eigenvalue weighted by atomic mass is 10.0. The first-order valence-corrected chi connectivity index (χ1v) is 8.47. The SMILES string of the molecule is CC(C)C(CNC(=O)C(N)Cc1ccccc1)N1CCOCC1. The number of ether oxygens (including phenoxy) is 1. The maximum Gasteiger partial charge on any atom is 0.237 e. The van der Waals surface area contributed by atoms with Gasteiger partial charge in [0.2, 0.25) is 5.91 Å². The number of nitrogens with zero attached hydrogens (tertiary/aromatic N) is 1. The van der Waals surface area contributed by atoms with Gasteiger partial charge in [-0.1, -0.05) is 44.2 Å². The Balaban J connectivity index is 1.83. The van der Waals surface area contributed by atoms with Crippen molar-refractivity contribution >= 4 is 5.91 Å². The van der Waals surface area contributed by atoms with Crippen molar-refractivity contribution in [3.05, 3.63) is 35.9 Å². The van der Waals surface area contributed by atoms with Crippen LogP contribution in [0.1, 0.15) is 19.4 Å². The predicted octanol–water partition coefficient (Wildman–Crippen LogP) is 1.03. The second-order valence-corrected chi connectivity index (χ2v) is 6.50. The molecule has 2 rings (SSSR count). The van der Waals surface area contributed by atoms with Gasteiger partial charge >= 0.3 is 0 Å². The van der Waals surface area contributed by atoms with Crippen molar-refractivity contribution in [3.63, 3.8) is 0 Å².